The average molecular weight is 338 g/mol. The predicted octanol–water partition coefficient (Wildman–Crippen LogP) is 1.64. The van der Waals surface area contributed by atoms with Crippen molar-refractivity contribution in [3.05, 3.63) is 0 Å². The van der Waals surface area contributed by atoms with Crippen LogP contribution in [-0.4, -0.2) is 53.4 Å². The average Bonchev–Trinajstić information content (AvgIpc) is 2.76. The molecule has 136 valence electrons. The Morgan fingerprint density at radius 1 is 1.25 bits per heavy atom. The maximum Gasteiger partial charge on any atom is 0.344 e. The summed E-state index contributed by atoms with van der Waals surface area (Å²) in [6.07, 6.45) is 5.58. The number of imide groups is 1. The van der Waals surface area contributed by atoms with Crippen LogP contribution in [0.15, 0.2) is 0 Å². The molecule has 1 saturated heterocycles. The highest BCUT2D eigenvalue weighted by Crippen LogP contribution is 2.32. The summed E-state index contributed by atoms with van der Waals surface area (Å²) in [6, 6.07) is -0.511. The van der Waals surface area contributed by atoms with E-state index in [0.29, 0.717) is 25.3 Å². The predicted molar refractivity (Wildman–Crippen MR) is 90.9 cm³/mol. The summed E-state index contributed by atoms with van der Waals surface area (Å²) in [7, 11) is 1.97. The van der Waals surface area contributed by atoms with E-state index < -0.39 is 11.6 Å². The number of nitrogens with one attached hydrogen (secondary N) is 2. The number of urea groups is 1. The summed E-state index contributed by atoms with van der Waals surface area (Å²) in [6.45, 7) is 5.86. The van der Waals surface area contributed by atoms with Gasteiger partial charge in [0.15, 0.2) is 0 Å². The van der Waals surface area contributed by atoms with Gasteiger partial charge in [-0.2, -0.15) is 5.01 Å². The number of hydrogen-bond donors (Lipinski definition) is 2. The molecule has 0 unspecified atom stereocenters. The molecule has 4 amide bonds. The zero-order chi connectivity index (χ0) is 17.7. The first kappa shape index (κ1) is 18.7. The molecule has 0 bridgehead atoms. The molecular formula is C17H30N4O3. The van der Waals surface area contributed by atoms with Crippen LogP contribution in [0.2, 0.25) is 0 Å². The molecule has 1 aliphatic carbocycles. The van der Waals surface area contributed by atoms with Gasteiger partial charge in [-0.1, -0.05) is 33.1 Å². The Labute approximate surface area is 144 Å². The van der Waals surface area contributed by atoms with Crippen LogP contribution in [0.3, 0.4) is 0 Å². The third kappa shape index (κ3) is 4.47. The molecule has 0 aromatic heterocycles. The lowest BCUT2D eigenvalue weighted by atomic mass is 9.82. The summed E-state index contributed by atoms with van der Waals surface area (Å²) in [5.74, 6) is 0.00958. The van der Waals surface area contributed by atoms with Crippen LogP contribution in [0.25, 0.3) is 0 Å². The first-order valence-corrected chi connectivity index (χ1v) is 8.99. The largest absolute Gasteiger partial charge is 0.344 e. The third-order valence-electron chi connectivity index (χ3n) is 4.91. The van der Waals surface area contributed by atoms with Gasteiger partial charge in [0.2, 0.25) is 5.91 Å². The van der Waals surface area contributed by atoms with Gasteiger partial charge < -0.3 is 10.2 Å². The summed E-state index contributed by atoms with van der Waals surface area (Å²) in [5, 5.41) is 3.66. The molecule has 7 nitrogen and oxygen atoms in total. The Morgan fingerprint density at radius 2 is 1.92 bits per heavy atom. The van der Waals surface area contributed by atoms with E-state index in [2.05, 4.69) is 29.5 Å². The zero-order valence-corrected chi connectivity index (χ0v) is 15.1. The lowest BCUT2D eigenvalue weighted by Crippen LogP contribution is -2.51. The highest BCUT2D eigenvalue weighted by atomic mass is 16.2. The van der Waals surface area contributed by atoms with Gasteiger partial charge in [-0.05, 0) is 38.8 Å². The molecule has 1 saturated carbocycles. The zero-order valence-electron chi connectivity index (χ0n) is 15.1. The van der Waals surface area contributed by atoms with Gasteiger partial charge in [0.25, 0.3) is 5.91 Å². The van der Waals surface area contributed by atoms with E-state index in [-0.39, 0.29) is 18.2 Å². The number of hydrogen-bond acceptors (Lipinski definition) is 4. The Hall–Kier alpha value is -1.63. The van der Waals surface area contributed by atoms with Crippen molar-refractivity contribution >= 4 is 17.8 Å². The van der Waals surface area contributed by atoms with Gasteiger partial charge in [-0.25, -0.2) is 4.79 Å². The number of amides is 4. The van der Waals surface area contributed by atoms with Gasteiger partial charge in [-0.15, -0.1) is 0 Å². The summed E-state index contributed by atoms with van der Waals surface area (Å²) >= 11 is 0. The lowest BCUT2D eigenvalue weighted by Gasteiger charge is -2.30. The number of carbonyl (C=O) groups is 3. The molecule has 0 radical (unpaired) electrons. The number of carbonyl (C=O) groups excluding carboxylic acids is 3. The van der Waals surface area contributed by atoms with Crippen molar-refractivity contribution in [2.24, 2.45) is 5.92 Å². The highest BCUT2D eigenvalue weighted by molar-refractivity contribution is 6.07. The lowest BCUT2D eigenvalue weighted by molar-refractivity contribution is -0.140. The SMILES string of the molecule is CC(C)CCN(C)CCC(=O)NN1C(=O)NC2(CCCCC2)C1=O. The van der Waals surface area contributed by atoms with Crippen molar-refractivity contribution in [2.75, 3.05) is 20.1 Å². The maximum atomic E-state index is 12.6. The van der Waals surface area contributed by atoms with Gasteiger partial charge in [0.05, 0.1) is 0 Å². The summed E-state index contributed by atoms with van der Waals surface area (Å²) < 4.78 is 0. The second-order valence-electron chi connectivity index (χ2n) is 7.48. The van der Waals surface area contributed by atoms with Gasteiger partial charge in [-0.3, -0.25) is 15.0 Å². The van der Waals surface area contributed by atoms with E-state index in [9.17, 15) is 14.4 Å². The van der Waals surface area contributed by atoms with E-state index in [4.69, 9.17) is 0 Å². The van der Waals surface area contributed by atoms with Crippen molar-refractivity contribution in [2.45, 2.75) is 64.3 Å². The van der Waals surface area contributed by atoms with Crippen LogP contribution in [0.4, 0.5) is 4.79 Å². The van der Waals surface area contributed by atoms with Crippen molar-refractivity contribution in [3.8, 4) is 0 Å². The van der Waals surface area contributed by atoms with Crippen LogP contribution >= 0.6 is 0 Å². The minimum Gasteiger partial charge on any atom is -0.322 e. The molecular weight excluding hydrogens is 308 g/mol. The molecule has 2 rings (SSSR count). The molecule has 1 heterocycles. The highest BCUT2D eigenvalue weighted by Gasteiger charge is 2.52. The van der Waals surface area contributed by atoms with E-state index in [1.807, 2.05) is 7.05 Å². The van der Waals surface area contributed by atoms with E-state index in [0.717, 1.165) is 37.2 Å². The molecule has 24 heavy (non-hydrogen) atoms. The number of nitrogens with zero attached hydrogens (tertiary/aromatic N) is 2. The maximum absolute atomic E-state index is 12.6. The standard InChI is InChI=1S/C17H30N4O3/c1-13(2)7-11-20(3)12-8-14(22)19-21-15(23)17(18-16(21)24)9-5-4-6-10-17/h13H,4-12H2,1-3H3,(H,18,24)(H,19,22). The molecule has 1 spiro atoms. The van der Waals surface area contributed by atoms with Crippen molar-refractivity contribution < 1.29 is 14.4 Å². The quantitative estimate of drug-likeness (QED) is 0.692. The van der Waals surface area contributed by atoms with Crippen LogP contribution in [0.5, 0.6) is 0 Å². The van der Waals surface area contributed by atoms with Crippen molar-refractivity contribution in [1.29, 1.82) is 0 Å². The fraction of sp³-hybridized carbons (Fsp3) is 0.824. The fourth-order valence-corrected chi connectivity index (χ4v) is 3.28. The molecule has 0 aromatic rings. The smallest absolute Gasteiger partial charge is 0.322 e. The first-order chi connectivity index (χ1) is 11.3. The topological polar surface area (TPSA) is 81.8 Å². The normalized spacial score (nSPS) is 20.1. The summed E-state index contributed by atoms with van der Waals surface area (Å²) in [5.41, 5.74) is 1.68. The second-order valence-corrected chi connectivity index (χ2v) is 7.48. The number of hydrazine groups is 1. The molecule has 2 fully saturated rings. The van der Waals surface area contributed by atoms with E-state index >= 15 is 0 Å². The van der Waals surface area contributed by atoms with Crippen LogP contribution in [0.1, 0.15) is 58.8 Å². The molecule has 2 N–H and O–H groups in total. The molecule has 7 heteroatoms. The monoisotopic (exact) mass is 338 g/mol. The van der Waals surface area contributed by atoms with E-state index in [1.54, 1.807) is 0 Å². The molecule has 2 aliphatic rings. The van der Waals surface area contributed by atoms with Crippen molar-refractivity contribution in [3.63, 3.8) is 0 Å². The van der Waals surface area contributed by atoms with Gasteiger partial charge in [0.1, 0.15) is 5.54 Å². The third-order valence-corrected chi connectivity index (χ3v) is 4.91. The van der Waals surface area contributed by atoms with Gasteiger partial charge in [0, 0.05) is 13.0 Å². The van der Waals surface area contributed by atoms with Crippen LogP contribution in [0, 0.1) is 5.92 Å². The fourth-order valence-electron chi connectivity index (χ4n) is 3.28. The first-order valence-electron chi connectivity index (χ1n) is 8.99. The van der Waals surface area contributed by atoms with Crippen molar-refractivity contribution in [1.82, 2.24) is 20.7 Å². The van der Waals surface area contributed by atoms with Crippen LogP contribution < -0.4 is 10.7 Å². The Morgan fingerprint density at radius 3 is 2.54 bits per heavy atom. The Balaban J connectivity index is 1.81. The second kappa shape index (κ2) is 7.96. The van der Waals surface area contributed by atoms with E-state index in [1.165, 1.54) is 0 Å². The molecule has 0 atom stereocenters. The Kier molecular flexibility index (Phi) is 6.21. The molecule has 0 aromatic carbocycles. The van der Waals surface area contributed by atoms with Gasteiger partial charge >= 0.3 is 6.03 Å². The van der Waals surface area contributed by atoms with Crippen LogP contribution in [-0.2, 0) is 9.59 Å². The molecule has 1 aliphatic heterocycles. The summed E-state index contributed by atoms with van der Waals surface area (Å²) in [4.78, 5) is 38.8. The number of rotatable bonds is 7. The minimum absolute atomic E-state index is 0.263. The Bertz CT molecular complexity index is 486. The minimum atomic E-state index is -0.795.